The van der Waals surface area contributed by atoms with Gasteiger partial charge in [0, 0.05) is 0 Å². The number of halogens is 1. The van der Waals surface area contributed by atoms with Crippen LogP contribution in [-0.2, 0) is 20.8 Å². The van der Waals surface area contributed by atoms with Crippen LogP contribution < -0.4 is 0 Å². The van der Waals surface area contributed by atoms with Crippen molar-refractivity contribution in [2.45, 2.75) is 6.42 Å². The van der Waals surface area contributed by atoms with Gasteiger partial charge in [-0.3, -0.25) is 9.59 Å². The highest BCUT2D eigenvalue weighted by molar-refractivity contribution is 6.20. The number of amides is 2. The molecule has 0 aromatic heterocycles. The van der Waals surface area contributed by atoms with E-state index in [2.05, 4.69) is 0 Å². The van der Waals surface area contributed by atoms with Gasteiger partial charge in [-0.25, -0.2) is 9.18 Å². The summed E-state index contributed by atoms with van der Waals surface area (Å²) in [6.07, 6.45) is 0.415. The van der Waals surface area contributed by atoms with Gasteiger partial charge in [0.15, 0.2) is 0 Å². The predicted octanol–water partition coefficient (Wildman–Crippen LogP) is 2.14. The molecule has 128 valence electrons. The molecule has 0 saturated carbocycles. The molecule has 0 unspecified atom stereocenters. The summed E-state index contributed by atoms with van der Waals surface area (Å²) in [6.45, 7) is -0.261. The average molecular weight is 343 g/mol. The second-order valence-electron chi connectivity index (χ2n) is 5.35. The third kappa shape index (κ3) is 3.72. The molecule has 0 bridgehead atoms. The van der Waals surface area contributed by atoms with Crippen molar-refractivity contribution in [2.24, 2.45) is 0 Å². The fourth-order valence-electron chi connectivity index (χ4n) is 2.42. The predicted molar refractivity (Wildman–Crippen MR) is 84.0 cm³/mol. The first-order valence-electron chi connectivity index (χ1n) is 7.57. The fourth-order valence-corrected chi connectivity index (χ4v) is 2.42. The van der Waals surface area contributed by atoms with E-state index in [-0.39, 0.29) is 23.6 Å². The minimum absolute atomic E-state index is 0.167. The highest BCUT2D eigenvalue weighted by Gasteiger charge is 2.38. The molecule has 3 rings (SSSR count). The molecule has 2 aromatic carbocycles. The quantitative estimate of drug-likeness (QED) is 0.593. The Hall–Kier alpha value is -3.06. The van der Waals surface area contributed by atoms with Crippen molar-refractivity contribution < 1.29 is 28.3 Å². The molecule has 7 heteroatoms. The van der Waals surface area contributed by atoms with E-state index in [1.54, 1.807) is 24.3 Å². The Morgan fingerprint density at radius 3 is 2.32 bits per heavy atom. The van der Waals surface area contributed by atoms with Crippen LogP contribution in [0.25, 0.3) is 0 Å². The number of rotatable bonds is 6. The van der Waals surface area contributed by atoms with Crippen LogP contribution in [-0.4, -0.2) is 36.1 Å². The maximum Gasteiger partial charge on any atom is 0.358 e. The van der Waals surface area contributed by atoms with E-state index >= 15 is 0 Å². The van der Waals surface area contributed by atoms with Gasteiger partial charge in [0.05, 0.1) is 17.7 Å². The zero-order valence-electron chi connectivity index (χ0n) is 13.1. The second-order valence-corrected chi connectivity index (χ2v) is 5.35. The number of carbonyl (C=O) groups excluding carboxylic acids is 3. The summed E-state index contributed by atoms with van der Waals surface area (Å²) in [7, 11) is 0. The van der Waals surface area contributed by atoms with E-state index in [0.717, 1.165) is 5.56 Å². The molecule has 0 saturated heterocycles. The molecular weight excluding hydrogens is 329 g/mol. The van der Waals surface area contributed by atoms with Gasteiger partial charge in [-0.1, -0.05) is 29.3 Å². The van der Waals surface area contributed by atoms with Crippen LogP contribution in [0.4, 0.5) is 4.39 Å². The van der Waals surface area contributed by atoms with Crippen LogP contribution in [0.3, 0.4) is 0 Å². The number of nitrogens with zero attached hydrogens (tertiary/aromatic N) is 1. The lowest BCUT2D eigenvalue weighted by atomic mass is 10.1. The molecular formula is C18H14FNO5. The van der Waals surface area contributed by atoms with Gasteiger partial charge in [0.1, 0.15) is 12.4 Å². The van der Waals surface area contributed by atoms with E-state index in [1.807, 2.05) is 0 Å². The first-order valence-corrected chi connectivity index (χ1v) is 7.57. The van der Waals surface area contributed by atoms with Gasteiger partial charge < -0.3 is 9.57 Å². The monoisotopic (exact) mass is 343 g/mol. The third-order valence-electron chi connectivity index (χ3n) is 3.59. The number of hydrogen-bond donors (Lipinski definition) is 0. The number of imide groups is 1. The molecule has 2 amide bonds. The number of fused-ring (bicyclic) bond motifs is 1. The van der Waals surface area contributed by atoms with Crippen molar-refractivity contribution in [3.05, 3.63) is 71.0 Å². The minimum Gasteiger partial charge on any atom is -0.369 e. The Balaban J connectivity index is 1.47. The number of hydroxylamine groups is 2. The Morgan fingerprint density at radius 2 is 1.68 bits per heavy atom. The van der Waals surface area contributed by atoms with Crippen LogP contribution >= 0.6 is 0 Å². The number of benzene rings is 2. The normalized spacial score (nSPS) is 13.1. The van der Waals surface area contributed by atoms with Crippen LogP contribution in [0.2, 0.25) is 0 Å². The number of carbonyl (C=O) groups is 3. The summed E-state index contributed by atoms with van der Waals surface area (Å²) >= 11 is 0. The van der Waals surface area contributed by atoms with Gasteiger partial charge in [0.2, 0.25) is 0 Å². The van der Waals surface area contributed by atoms with Crippen molar-refractivity contribution in [3.8, 4) is 0 Å². The lowest BCUT2D eigenvalue weighted by Gasteiger charge is -2.12. The number of ether oxygens (including phenoxy) is 1. The average Bonchev–Trinajstić information content (AvgIpc) is 2.84. The van der Waals surface area contributed by atoms with Crippen LogP contribution in [0.15, 0.2) is 48.5 Å². The first-order chi connectivity index (χ1) is 12.1. The first kappa shape index (κ1) is 16.8. The van der Waals surface area contributed by atoms with E-state index in [0.29, 0.717) is 11.5 Å². The molecule has 0 radical (unpaired) electrons. The van der Waals surface area contributed by atoms with Crippen LogP contribution in [0, 0.1) is 5.82 Å². The zero-order chi connectivity index (χ0) is 17.8. The lowest BCUT2D eigenvalue weighted by Crippen LogP contribution is -2.34. The Morgan fingerprint density at radius 1 is 1.00 bits per heavy atom. The van der Waals surface area contributed by atoms with Crippen LogP contribution in [0.1, 0.15) is 26.3 Å². The summed E-state index contributed by atoms with van der Waals surface area (Å²) in [4.78, 5) is 40.6. The molecule has 0 atom stereocenters. The van der Waals surface area contributed by atoms with Crippen LogP contribution in [0.5, 0.6) is 0 Å². The summed E-state index contributed by atoms with van der Waals surface area (Å²) in [5.41, 5.74) is 1.10. The van der Waals surface area contributed by atoms with E-state index in [9.17, 15) is 18.8 Å². The van der Waals surface area contributed by atoms with E-state index < -0.39 is 24.4 Å². The second kappa shape index (κ2) is 7.23. The molecule has 2 aromatic rings. The molecule has 0 aliphatic carbocycles. The van der Waals surface area contributed by atoms with Gasteiger partial charge in [-0.2, -0.15) is 0 Å². The topological polar surface area (TPSA) is 72.9 Å². The number of hydrogen-bond acceptors (Lipinski definition) is 5. The van der Waals surface area contributed by atoms with Crippen molar-refractivity contribution in [1.82, 2.24) is 5.06 Å². The minimum atomic E-state index is -0.867. The Bertz CT molecular complexity index is 801. The SMILES string of the molecule is O=C(COCCc1cccc(F)c1)ON1C(=O)c2ccccc2C1=O. The molecule has 1 aliphatic rings. The molecule has 0 fully saturated rings. The standard InChI is InChI=1S/C18H14FNO5/c19-13-5-3-4-12(10-13)8-9-24-11-16(21)25-20-17(22)14-6-1-2-7-15(14)18(20)23/h1-7,10H,8-9,11H2. The highest BCUT2D eigenvalue weighted by atomic mass is 19.1. The van der Waals surface area contributed by atoms with Gasteiger partial charge in [-0.05, 0) is 36.2 Å². The summed E-state index contributed by atoms with van der Waals surface area (Å²) in [6, 6.07) is 12.2. The Kier molecular flexibility index (Phi) is 4.85. The van der Waals surface area contributed by atoms with Gasteiger partial charge in [-0.15, -0.1) is 0 Å². The van der Waals surface area contributed by atoms with Crippen molar-refractivity contribution in [3.63, 3.8) is 0 Å². The van der Waals surface area contributed by atoms with E-state index in [4.69, 9.17) is 9.57 Å². The fraction of sp³-hybridized carbons (Fsp3) is 0.167. The van der Waals surface area contributed by atoms with Crippen molar-refractivity contribution in [1.29, 1.82) is 0 Å². The summed E-state index contributed by atoms with van der Waals surface area (Å²) < 4.78 is 18.2. The smallest absolute Gasteiger partial charge is 0.358 e. The van der Waals surface area contributed by atoms with Crippen molar-refractivity contribution in [2.75, 3.05) is 13.2 Å². The highest BCUT2D eigenvalue weighted by Crippen LogP contribution is 2.22. The maximum atomic E-state index is 13.0. The van der Waals surface area contributed by atoms with Gasteiger partial charge >= 0.3 is 5.97 Å². The molecule has 1 aliphatic heterocycles. The molecule has 1 heterocycles. The van der Waals surface area contributed by atoms with Crippen molar-refractivity contribution >= 4 is 17.8 Å². The molecule has 0 spiro atoms. The largest absolute Gasteiger partial charge is 0.369 e. The van der Waals surface area contributed by atoms with Gasteiger partial charge in [0.25, 0.3) is 11.8 Å². The molecule has 0 N–H and O–H groups in total. The lowest BCUT2D eigenvalue weighted by molar-refractivity contribution is -0.173. The summed E-state index contributed by atoms with van der Waals surface area (Å²) in [5, 5.41) is 0.433. The van der Waals surface area contributed by atoms with E-state index in [1.165, 1.54) is 24.3 Å². The molecule has 25 heavy (non-hydrogen) atoms. The Labute approximate surface area is 142 Å². The molecule has 6 nitrogen and oxygen atoms in total. The summed E-state index contributed by atoms with van der Waals surface area (Å²) in [5.74, 6) is -2.58. The maximum absolute atomic E-state index is 13.0. The zero-order valence-corrected chi connectivity index (χ0v) is 13.1. The third-order valence-corrected chi connectivity index (χ3v) is 3.59.